The van der Waals surface area contributed by atoms with E-state index < -0.39 is 11.2 Å². The summed E-state index contributed by atoms with van der Waals surface area (Å²) < 4.78 is 10.8. The molecule has 0 N–H and O–H groups in total. The Morgan fingerprint density at radius 2 is 2.17 bits per heavy atom. The van der Waals surface area contributed by atoms with Crippen LogP contribution in [0.3, 0.4) is 0 Å². The monoisotopic (exact) mass is 254 g/mol. The van der Waals surface area contributed by atoms with E-state index in [0.29, 0.717) is 19.5 Å². The number of hydrogen-bond acceptors (Lipinski definition) is 4. The zero-order valence-corrected chi connectivity index (χ0v) is 11.7. The van der Waals surface area contributed by atoms with Gasteiger partial charge in [-0.25, -0.2) is 4.79 Å². The average Bonchev–Trinajstić information content (AvgIpc) is 2.27. The van der Waals surface area contributed by atoms with Crippen LogP contribution in [0.5, 0.6) is 0 Å². The number of piperidine rings is 1. The van der Waals surface area contributed by atoms with Crippen LogP contribution in [0.15, 0.2) is 0 Å². The van der Waals surface area contributed by atoms with E-state index in [-0.39, 0.29) is 6.09 Å². The number of methoxy groups -OCH3 is 1. The summed E-state index contributed by atoms with van der Waals surface area (Å²) in [5.41, 5.74) is -1.04. The number of rotatable bonds is 2. The number of nitriles is 1. The van der Waals surface area contributed by atoms with Crippen molar-refractivity contribution in [2.75, 3.05) is 20.2 Å². The molecular weight excluding hydrogens is 232 g/mol. The zero-order valence-electron chi connectivity index (χ0n) is 11.7. The van der Waals surface area contributed by atoms with Crippen molar-refractivity contribution < 1.29 is 14.3 Å². The molecule has 0 aliphatic carbocycles. The van der Waals surface area contributed by atoms with E-state index >= 15 is 0 Å². The van der Waals surface area contributed by atoms with Crippen molar-refractivity contribution in [3.8, 4) is 6.07 Å². The number of amides is 1. The maximum Gasteiger partial charge on any atom is 0.410 e. The van der Waals surface area contributed by atoms with Crippen molar-refractivity contribution in [3.05, 3.63) is 0 Å². The van der Waals surface area contributed by atoms with Crippen molar-refractivity contribution >= 4 is 6.09 Å². The molecule has 0 aromatic rings. The lowest BCUT2D eigenvalue weighted by atomic mass is 9.90. The van der Waals surface area contributed by atoms with Gasteiger partial charge < -0.3 is 14.4 Å². The molecule has 1 saturated heterocycles. The molecule has 1 heterocycles. The molecule has 1 amide bonds. The lowest BCUT2D eigenvalue weighted by molar-refractivity contribution is -0.0657. The van der Waals surface area contributed by atoms with E-state index in [4.69, 9.17) is 14.7 Å². The molecule has 0 spiro atoms. The molecular formula is C13H22N2O3. The fourth-order valence-corrected chi connectivity index (χ4v) is 2.11. The number of ether oxygens (including phenoxy) is 2. The van der Waals surface area contributed by atoms with Crippen LogP contribution >= 0.6 is 0 Å². The summed E-state index contributed by atoms with van der Waals surface area (Å²) in [6.07, 6.45) is 1.59. The minimum absolute atomic E-state index is 0.294. The summed E-state index contributed by atoms with van der Waals surface area (Å²) >= 11 is 0. The molecule has 0 aromatic heterocycles. The summed E-state index contributed by atoms with van der Waals surface area (Å²) in [7, 11) is 1.59. The van der Waals surface area contributed by atoms with Gasteiger partial charge in [0.1, 0.15) is 5.60 Å². The Bertz CT molecular complexity index is 343. The van der Waals surface area contributed by atoms with E-state index in [0.717, 1.165) is 12.8 Å². The Morgan fingerprint density at radius 1 is 1.50 bits per heavy atom. The SMILES string of the molecule is COC1(CC#N)CCCN(C(=O)OC(C)(C)C)C1. The lowest BCUT2D eigenvalue weighted by Crippen LogP contribution is -2.52. The number of likely N-dealkylation sites (tertiary alicyclic amines) is 1. The predicted molar refractivity (Wildman–Crippen MR) is 67.0 cm³/mol. The molecule has 1 rings (SSSR count). The van der Waals surface area contributed by atoms with Crippen LogP contribution in [0.4, 0.5) is 4.79 Å². The van der Waals surface area contributed by atoms with Gasteiger partial charge in [0.2, 0.25) is 0 Å². The Balaban J connectivity index is 2.69. The van der Waals surface area contributed by atoms with Gasteiger partial charge in [0.25, 0.3) is 0 Å². The van der Waals surface area contributed by atoms with Crippen molar-refractivity contribution in [1.29, 1.82) is 5.26 Å². The van der Waals surface area contributed by atoms with Crippen molar-refractivity contribution in [2.45, 2.75) is 51.2 Å². The maximum atomic E-state index is 12.0. The summed E-state index contributed by atoms with van der Waals surface area (Å²) in [6.45, 7) is 6.60. The van der Waals surface area contributed by atoms with Crippen molar-refractivity contribution in [3.63, 3.8) is 0 Å². The van der Waals surface area contributed by atoms with E-state index in [9.17, 15) is 4.79 Å². The van der Waals surface area contributed by atoms with Crippen LogP contribution in [-0.2, 0) is 9.47 Å². The first-order chi connectivity index (χ1) is 8.32. The highest BCUT2D eigenvalue weighted by Crippen LogP contribution is 2.28. The number of hydrogen-bond donors (Lipinski definition) is 0. The molecule has 18 heavy (non-hydrogen) atoms. The van der Waals surface area contributed by atoms with Crippen LogP contribution < -0.4 is 0 Å². The molecule has 1 fully saturated rings. The van der Waals surface area contributed by atoms with Gasteiger partial charge in [-0.3, -0.25) is 0 Å². The molecule has 1 unspecified atom stereocenters. The normalized spacial score (nSPS) is 24.5. The Morgan fingerprint density at radius 3 is 2.67 bits per heavy atom. The molecule has 5 heteroatoms. The Labute approximate surface area is 109 Å². The maximum absolute atomic E-state index is 12.0. The third-order valence-corrected chi connectivity index (χ3v) is 3.03. The number of carbonyl (C=O) groups is 1. The molecule has 5 nitrogen and oxygen atoms in total. The third-order valence-electron chi connectivity index (χ3n) is 3.03. The van der Waals surface area contributed by atoms with Crippen molar-refractivity contribution in [2.24, 2.45) is 0 Å². The fraction of sp³-hybridized carbons (Fsp3) is 0.846. The molecule has 0 bridgehead atoms. The van der Waals surface area contributed by atoms with E-state index in [1.54, 1.807) is 12.0 Å². The van der Waals surface area contributed by atoms with Crippen LogP contribution in [0.1, 0.15) is 40.0 Å². The second-order valence-corrected chi connectivity index (χ2v) is 5.73. The highest BCUT2D eigenvalue weighted by Gasteiger charge is 2.38. The van der Waals surface area contributed by atoms with E-state index in [1.165, 1.54) is 0 Å². The fourth-order valence-electron chi connectivity index (χ4n) is 2.11. The highest BCUT2D eigenvalue weighted by atomic mass is 16.6. The van der Waals surface area contributed by atoms with E-state index in [1.807, 2.05) is 20.8 Å². The van der Waals surface area contributed by atoms with Gasteiger partial charge in [0.05, 0.1) is 24.6 Å². The Hall–Kier alpha value is -1.28. The van der Waals surface area contributed by atoms with Gasteiger partial charge in [-0.05, 0) is 33.6 Å². The first kappa shape index (κ1) is 14.8. The Kier molecular flexibility index (Phi) is 4.58. The highest BCUT2D eigenvalue weighted by molar-refractivity contribution is 5.68. The molecule has 1 aliphatic rings. The van der Waals surface area contributed by atoms with Gasteiger partial charge in [-0.1, -0.05) is 0 Å². The standard InChI is InChI=1S/C13H22N2O3/c1-12(2,3)18-11(16)15-9-5-6-13(10-15,17-4)7-8-14/h5-7,9-10H2,1-4H3. The van der Waals surface area contributed by atoms with Crippen LogP contribution in [0.2, 0.25) is 0 Å². The van der Waals surface area contributed by atoms with Crippen LogP contribution in [-0.4, -0.2) is 42.4 Å². The largest absolute Gasteiger partial charge is 0.444 e. The van der Waals surface area contributed by atoms with Crippen molar-refractivity contribution in [1.82, 2.24) is 4.90 Å². The van der Waals surface area contributed by atoms with Gasteiger partial charge >= 0.3 is 6.09 Å². The summed E-state index contributed by atoms with van der Waals surface area (Å²) in [4.78, 5) is 13.6. The average molecular weight is 254 g/mol. The summed E-state index contributed by atoms with van der Waals surface area (Å²) in [5.74, 6) is 0. The molecule has 0 saturated carbocycles. The minimum atomic E-state index is -0.538. The molecule has 102 valence electrons. The van der Waals surface area contributed by atoms with E-state index in [2.05, 4.69) is 6.07 Å². The van der Waals surface area contributed by atoms with Gasteiger partial charge in [-0.2, -0.15) is 5.26 Å². The summed E-state index contributed by atoms with van der Waals surface area (Å²) in [5, 5.41) is 8.86. The predicted octanol–water partition coefficient (Wildman–Crippen LogP) is 2.32. The number of carbonyl (C=O) groups excluding carboxylic acids is 1. The van der Waals surface area contributed by atoms with Crippen LogP contribution in [0, 0.1) is 11.3 Å². The molecule has 0 aromatic carbocycles. The second kappa shape index (κ2) is 5.57. The molecule has 0 radical (unpaired) electrons. The first-order valence-electron chi connectivity index (χ1n) is 6.22. The first-order valence-corrected chi connectivity index (χ1v) is 6.22. The summed E-state index contributed by atoms with van der Waals surface area (Å²) in [6, 6.07) is 2.13. The van der Waals surface area contributed by atoms with Gasteiger partial charge in [0.15, 0.2) is 0 Å². The van der Waals surface area contributed by atoms with Crippen LogP contribution in [0.25, 0.3) is 0 Å². The lowest BCUT2D eigenvalue weighted by Gasteiger charge is -2.40. The quantitative estimate of drug-likeness (QED) is 0.758. The smallest absolute Gasteiger partial charge is 0.410 e. The second-order valence-electron chi connectivity index (χ2n) is 5.73. The molecule has 1 atom stereocenters. The zero-order chi connectivity index (χ0) is 13.8. The third kappa shape index (κ3) is 3.88. The minimum Gasteiger partial charge on any atom is -0.444 e. The van der Waals surface area contributed by atoms with Gasteiger partial charge in [0, 0.05) is 13.7 Å². The van der Waals surface area contributed by atoms with Gasteiger partial charge in [-0.15, -0.1) is 0 Å². The number of nitrogens with zero attached hydrogens (tertiary/aromatic N) is 2. The molecule has 1 aliphatic heterocycles. The topological polar surface area (TPSA) is 62.6 Å².